The van der Waals surface area contributed by atoms with Gasteiger partial charge < -0.3 is 15.8 Å². The van der Waals surface area contributed by atoms with E-state index in [1.54, 1.807) is 0 Å². The van der Waals surface area contributed by atoms with E-state index >= 15 is 0 Å². The van der Waals surface area contributed by atoms with Gasteiger partial charge in [0, 0.05) is 25.7 Å². The van der Waals surface area contributed by atoms with Crippen molar-refractivity contribution < 1.29 is 9.53 Å². The number of ether oxygens (including phenoxy) is 1. The molecule has 0 aromatic carbocycles. The average Bonchev–Trinajstić information content (AvgIpc) is 2.46. The van der Waals surface area contributed by atoms with Gasteiger partial charge in [0.25, 0.3) is 0 Å². The van der Waals surface area contributed by atoms with Gasteiger partial charge in [0.15, 0.2) is 0 Å². The second kappa shape index (κ2) is 10.2. The van der Waals surface area contributed by atoms with Crippen LogP contribution in [0.4, 0.5) is 0 Å². The van der Waals surface area contributed by atoms with Crippen LogP contribution in [0.1, 0.15) is 51.9 Å². The molecule has 1 amide bonds. The van der Waals surface area contributed by atoms with Crippen LogP contribution in [0.2, 0.25) is 0 Å². The van der Waals surface area contributed by atoms with Gasteiger partial charge in [-0.2, -0.15) is 0 Å². The van der Waals surface area contributed by atoms with Crippen molar-refractivity contribution in [3.8, 4) is 0 Å². The van der Waals surface area contributed by atoms with Crippen LogP contribution in [-0.2, 0) is 9.53 Å². The van der Waals surface area contributed by atoms with Crippen molar-refractivity contribution >= 4 is 5.91 Å². The van der Waals surface area contributed by atoms with Crippen LogP contribution >= 0.6 is 0 Å². The quantitative estimate of drug-likeness (QED) is 0.630. The fourth-order valence-electron chi connectivity index (χ4n) is 2.70. The SMILES string of the molecule is CCCCOCCCNC(=O)C1CCCCC1CN. The zero-order chi connectivity index (χ0) is 13.9. The van der Waals surface area contributed by atoms with Gasteiger partial charge in [-0.3, -0.25) is 4.79 Å². The van der Waals surface area contributed by atoms with Crippen molar-refractivity contribution in [3.05, 3.63) is 0 Å². The van der Waals surface area contributed by atoms with Crippen LogP contribution in [0, 0.1) is 11.8 Å². The van der Waals surface area contributed by atoms with Crippen LogP contribution in [0.25, 0.3) is 0 Å². The van der Waals surface area contributed by atoms with E-state index < -0.39 is 0 Å². The number of amides is 1. The topological polar surface area (TPSA) is 64.3 Å². The standard InChI is InChI=1S/C15H30N2O2/c1-2-3-10-19-11-6-9-17-15(18)14-8-5-4-7-13(14)12-16/h13-14H,2-12,16H2,1H3,(H,17,18). The maximum absolute atomic E-state index is 12.1. The second-order valence-corrected chi connectivity index (χ2v) is 5.50. The van der Waals surface area contributed by atoms with Crippen molar-refractivity contribution in [1.82, 2.24) is 5.32 Å². The first-order valence-electron chi connectivity index (χ1n) is 7.85. The van der Waals surface area contributed by atoms with Crippen molar-refractivity contribution in [2.45, 2.75) is 51.9 Å². The first kappa shape index (κ1) is 16.4. The third-order valence-corrected chi connectivity index (χ3v) is 3.96. The highest BCUT2D eigenvalue weighted by Gasteiger charge is 2.29. The van der Waals surface area contributed by atoms with E-state index in [0.29, 0.717) is 12.5 Å². The Hall–Kier alpha value is -0.610. The number of rotatable bonds is 9. The normalized spacial score (nSPS) is 23.3. The summed E-state index contributed by atoms with van der Waals surface area (Å²) in [5.74, 6) is 0.720. The molecule has 0 aromatic rings. The first-order valence-corrected chi connectivity index (χ1v) is 7.85. The van der Waals surface area contributed by atoms with Gasteiger partial charge in [-0.05, 0) is 38.1 Å². The van der Waals surface area contributed by atoms with Crippen LogP contribution < -0.4 is 11.1 Å². The number of nitrogens with one attached hydrogen (secondary N) is 1. The number of nitrogens with two attached hydrogens (primary N) is 1. The van der Waals surface area contributed by atoms with E-state index in [1.807, 2.05) is 0 Å². The zero-order valence-electron chi connectivity index (χ0n) is 12.3. The van der Waals surface area contributed by atoms with Gasteiger partial charge in [-0.15, -0.1) is 0 Å². The fraction of sp³-hybridized carbons (Fsp3) is 0.933. The highest BCUT2D eigenvalue weighted by atomic mass is 16.5. The van der Waals surface area contributed by atoms with Crippen molar-refractivity contribution in [1.29, 1.82) is 0 Å². The predicted octanol–water partition coefficient (Wildman–Crippen LogP) is 2.07. The van der Waals surface area contributed by atoms with Gasteiger partial charge in [-0.25, -0.2) is 0 Å². The summed E-state index contributed by atoms with van der Waals surface area (Å²) < 4.78 is 5.47. The summed E-state index contributed by atoms with van der Waals surface area (Å²) >= 11 is 0. The molecule has 1 aliphatic rings. The minimum Gasteiger partial charge on any atom is -0.381 e. The fourth-order valence-corrected chi connectivity index (χ4v) is 2.70. The molecule has 1 rings (SSSR count). The summed E-state index contributed by atoms with van der Waals surface area (Å²) in [6.07, 6.45) is 7.67. The molecule has 0 spiro atoms. The molecule has 3 N–H and O–H groups in total. The van der Waals surface area contributed by atoms with Crippen LogP contribution in [-0.4, -0.2) is 32.2 Å². The average molecular weight is 270 g/mol. The van der Waals surface area contributed by atoms with Crippen molar-refractivity contribution in [3.63, 3.8) is 0 Å². The van der Waals surface area contributed by atoms with E-state index in [1.165, 1.54) is 12.8 Å². The molecule has 2 atom stereocenters. The molecular formula is C15H30N2O2. The van der Waals surface area contributed by atoms with Gasteiger partial charge in [0.05, 0.1) is 0 Å². The van der Waals surface area contributed by atoms with E-state index in [9.17, 15) is 4.79 Å². The first-order chi connectivity index (χ1) is 9.29. The summed E-state index contributed by atoms with van der Waals surface area (Å²) in [5, 5.41) is 3.03. The third-order valence-electron chi connectivity index (χ3n) is 3.96. The lowest BCUT2D eigenvalue weighted by molar-refractivity contribution is -0.127. The summed E-state index contributed by atoms with van der Waals surface area (Å²) in [4.78, 5) is 12.1. The Morgan fingerprint density at radius 2 is 2.00 bits per heavy atom. The second-order valence-electron chi connectivity index (χ2n) is 5.50. The molecule has 0 bridgehead atoms. The number of carbonyl (C=O) groups is 1. The summed E-state index contributed by atoms with van der Waals surface area (Å²) in [6.45, 7) is 5.09. The van der Waals surface area contributed by atoms with Gasteiger partial charge in [-0.1, -0.05) is 26.2 Å². The minimum atomic E-state index is 0.139. The monoisotopic (exact) mass is 270 g/mol. The Morgan fingerprint density at radius 1 is 1.26 bits per heavy atom. The Labute approximate surface area is 117 Å². The molecular weight excluding hydrogens is 240 g/mol. The molecule has 4 nitrogen and oxygen atoms in total. The summed E-state index contributed by atoms with van der Waals surface area (Å²) in [6, 6.07) is 0. The molecule has 19 heavy (non-hydrogen) atoms. The zero-order valence-corrected chi connectivity index (χ0v) is 12.3. The molecule has 1 fully saturated rings. The molecule has 1 aliphatic carbocycles. The highest BCUT2D eigenvalue weighted by molar-refractivity contribution is 5.79. The summed E-state index contributed by atoms with van der Waals surface area (Å²) in [7, 11) is 0. The number of hydrogen-bond donors (Lipinski definition) is 2. The molecule has 112 valence electrons. The molecule has 0 radical (unpaired) electrons. The lowest BCUT2D eigenvalue weighted by Gasteiger charge is -2.29. The van der Waals surface area contributed by atoms with E-state index in [2.05, 4.69) is 12.2 Å². The van der Waals surface area contributed by atoms with Crippen molar-refractivity contribution in [2.75, 3.05) is 26.3 Å². The molecule has 0 aromatic heterocycles. The lowest BCUT2D eigenvalue weighted by Crippen LogP contribution is -2.39. The summed E-state index contributed by atoms with van der Waals surface area (Å²) in [5.41, 5.74) is 5.75. The molecule has 2 unspecified atom stereocenters. The smallest absolute Gasteiger partial charge is 0.223 e. The Morgan fingerprint density at radius 3 is 2.74 bits per heavy atom. The molecule has 1 saturated carbocycles. The van der Waals surface area contributed by atoms with Crippen LogP contribution in [0.15, 0.2) is 0 Å². The van der Waals surface area contributed by atoms with Crippen molar-refractivity contribution in [2.24, 2.45) is 17.6 Å². The lowest BCUT2D eigenvalue weighted by atomic mass is 9.79. The minimum absolute atomic E-state index is 0.139. The molecule has 0 aliphatic heterocycles. The highest BCUT2D eigenvalue weighted by Crippen LogP contribution is 2.29. The Kier molecular flexibility index (Phi) is 8.84. The molecule has 0 saturated heterocycles. The van der Waals surface area contributed by atoms with E-state index in [-0.39, 0.29) is 11.8 Å². The van der Waals surface area contributed by atoms with Crippen LogP contribution in [0.5, 0.6) is 0 Å². The van der Waals surface area contributed by atoms with E-state index in [4.69, 9.17) is 10.5 Å². The molecule has 4 heteroatoms. The predicted molar refractivity (Wildman–Crippen MR) is 77.9 cm³/mol. The largest absolute Gasteiger partial charge is 0.381 e. The van der Waals surface area contributed by atoms with Gasteiger partial charge in [0.2, 0.25) is 5.91 Å². The number of carbonyl (C=O) groups excluding carboxylic acids is 1. The van der Waals surface area contributed by atoms with Gasteiger partial charge >= 0.3 is 0 Å². The number of unbranched alkanes of at least 4 members (excludes halogenated alkanes) is 1. The molecule has 0 heterocycles. The van der Waals surface area contributed by atoms with Crippen LogP contribution in [0.3, 0.4) is 0 Å². The maximum Gasteiger partial charge on any atom is 0.223 e. The van der Waals surface area contributed by atoms with E-state index in [0.717, 1.165) is 51.9 Å². The Balaban J connectivity index is 2.09. The maximum atomic E-state index is 12.1. The third kappa shape index (κ3) is 6.39. The van der Waals surface area contributed by atoms with Gasteiger partial charge in [0.1, 0.15) is 0 Å². The Bertz CT molecular complexity index is 246. The number of hydrogen-bond acceptors (Lipinski definition) is 3.